The minimum absolute atomic E-state index is 0.00853. The first-order valence-electron chi connectivity index (χ1n) is 15.6. The third-order valence-corrected chi connectivity index (χ3v) is 7.75. The maximum atomic E-state index is 13.6. The number of nitrogens with one attached hydrogen (secondary N) is 1. The summed E-state index contributed by atoms with van der Waals surface area (Å²) in [6.45, 7) is -2.83. The van der Waals surface area contributed by atoms with Gasteiger partial charge in [-0.1, -0.05) is 44.2 Å². The van der Waals surface area contributed by atoms with Crippen LogP contribution in [0.15, 0.2) is 59.5 Å². The van der Waals surface area contributed by atoms with Crippen LogP contribution in [0.4, 0.5) is 10.5 Å². The van der Waals surface area contributed by atoms with Crippen LogP contribution in [0.1, 0.15) is 35.4 Å². The predicted molar refractivity (Wildman–Crippen MR) is 142 cm³/mol. The molecule has 38 heavy (non-hydrogen) atoms. The fraction of sp³-hybridized carbons (Fsp3) is 0.519. The number of nitrogens with zero attached hydrogens (tertiary/aromatic N) is 1. The quantitative estimate of drug-likeness (QED) is 0.360. The first kappa shape index (κ1) is 20.2. The number of hydrogen-bond donors (Lipinski definition) is 3. The Balaban J connectivity index is 1.62. The monoisotopic (exact) mass is 554 g/mol. The van der Waals surface area contributed by atoms with E-state index in [4.69, 9.17) is 29.5 Å². The number of nitrogens with two attached hydrogens (primary N) is 1. The van der Waals surface area contributed by atoms with E-state index in [-0.39, 0.29) is 23.8 Å². The fourth-order valence-electron chi connectivity index (χ4n) is 4.03. The molecule has 2 aromatic rings. The molecule has 2 saturated heterocycles. The minimum Gasteiger partial charge on any atom is -0.443 e. The zero-order valence-electron chi connectivity index (χ0n) is 28.1. The van der Waals surface area contributed by atoms with Crippen molar-refractivity contribution in [2.45, 2.75) is 56.1 Å². The summed E-state index contributed by atoms with van der Waals surface area (Å²) >= 11 is 0. The number of rotatable bonds is 11. The second kappa shape index (κ2) is 12.4. The number of aliphatic hydroxyl groups is 1. The lowest BCUT2D eigenvalue weighted by molar-refractivity contribution is -0.0907. The number of alkyl carbamates (subject to hydrolysis) is 1. The van der Waals surface area contributed by atoms with Gasteiger partial charge < -0.3 is 30.4 Å². The summed E-state index contributed by atoms with van der Waals surface area (Å²) in [5.74, 6) is -3.02. The Labute approximate surface area is 233 Å². The average molecular weight is 555 g/mol. The van der Waals surface area contributed by atoms with Gasteiger partial charge in [-0.05, 0) is 48.6 Å². The third-order valence-electron chi connectivity index (χ3n) is 5.91. The molecular weight excluding hydrogens is 510 g/mol. The van der Waals surface area contributed by atoms with Gasteiger partial charge in [0.1, 0.15) is 6.08 Å². The van der Waals surface area contributed by atoms with Gasteiger partial charge in [-0.2, -0.15) is 4.31 Å². The second-order valence-corrected chi connectivity index (χ2v) is 11.3. The van der Waals surface area contributed by atoms with Crippen LogP contribution in [0, 0.1) is 11.8 Å². The molecule has 0 aliphatic carbocycles. The van der Waals surface area contributed by atoms with Crippen molar-refractivity contribution in [1.29, 1.82) is 0 Å². The molecule has 11 heteroatoms. The molecule has 2 aliphatic rings. The van der Waals surface area contributed by atoms with Gasteiger partial charge in [0.25, 0.3) is 0 Å². The molecule has 0 spiro atoms. The number of anilines is 1. The van der Waals surface area contributed by atoms with E-state index in [0.29, 0.717) is 11.3 Å². The Hall–Kier alpha value is -2.70. The molecule has 2 fully saturated rings. The normalized spacial score (nSPS) is 34.0. The van der Waals surface area contributed by atoms with Gasteiger partial charge in [-0.15, -0.1) is 0 Å². The van der Waals surface area contributed by atoms with Crippen molar-refractivity contribution >= 4 is 21.8 Å². The molecular formula is C27H37N3O7S. The van der Waals surface area contributed by atoms with Gasteiger partial charge in [-0.25, -0.2) is 13.2 Å². The van der Waals surface area contributed by atoms with E-state index in [0.717, 1.165) is 4.31 Å². The number of sulfonamides is 1. The van der Waals surface area contributed by atoms with E-state index >= 15 is 0 Å². The lowest BCUT2D eigenvalue weighted by Crippen LogP contribution is -2.51. The van der Waals surface area contributed by atoms with Gasteiger partial charge in [-0.3, -0.25) is 0 Å². The molecule has 10 nitrogen and oxygen atoms in total. The van der Waals surface area contributed by atoms with Crippen LogP contribution in [0.2, 0.25) is 0 Å². The van der Waals surface area contributed by atoms with E-state index in [9.17, 15) is 18.3 Å². The molecule has 5 atom stereocenters. The van der Waals surface area contributed by atoms with Crippen LogP contribution in [0.3, 0.4) is 0 Å². The lowest BCUT2D eigenvalue weighted by atomic mass is 10.0. The van der Waals surface area contributed by atoms with E-state index < -0.39 is 72.6 Å². The van der Waals surface area contributed by atoms with Crippen LogP contribution in [-0.2, 0) is 30.7 Å². The number of nitrogen functional groups attached to an aromatic ring is 1. The zero-order valence-corrected chi connectivity index (χ0v) is 21.9. The standard InChI is InChI=1S/C27H37N3O7S/c1-18(2)15-30(38(33,34)21-10-8-20(28)9-11-21)16-24(31)23(14-19-6-4-3-5-7-19)29-27(32)37-25-17-36-26-22(25)12-13-35-26/h3-11,18,22-26,31H,12-17,28H2,1-2H3,(H,29,32)/t22-,23-,24+,25-,26+/m0/s1/i13D2,17D2,22D,25D,26D. The Morgan fingerprint density at radius 3 is 2.61 bits per heavy atom. The van der Waals surface area contributed by atoms with Crippen molar-refractivity contribution in [3.63, 3.8) is 0 Å². The van der Waals surface area contributed by atoms with Gasteiger partial charge >= 0.3 is 6.09 Å². The summed E-state index contributed by atoms with van der Waals surface area (Å²) in [6, 6.07) is 12.8. The first-order valence-corrected chi connectivity index (χ1v) is 13.6. The molecule has 4 rings (SSSR count). The van der Waals surface area contributed by atoms with Crippen LogP contribution in [0.25, 0.3) is 0 Å². The van der Waals surface area contributed by atoms with E-state index in [1.165, 1.54) is 24.3 Å². The molecule has 4 N–H and O–H groups in total. The number of ether oxygens (including phenoxy) is 3. The molecule has 2 aromatic carbocycles. The lowest BCUT2D eigenvalue weighted by Gasteiger charge is -2.31. The van der Waals surface area contributed by atoms with Gasteiger partial charge in [0, 0.05) is 20.1 Å². The van der Waals surface area contributed by atoms with Gasteiger partial charge in [0.2, 0.25) is 10.0 Å². The highest BCUT2D eigenvalue weighted by Crippen LogP contribution is 2.33. The van der Waals surface area contributed by atoms with Crippen molar-refractivity contribution in [2.75, 3.05) is 31.9 Å². The Morgan fingerprint density at radius 1 is 1.21 bits per heavy atom. The van der Waals surface area contributed by atoms with Crippen LogP contribution in [0.5, 0.6) is 0 Å². The Bertz CT molecular complexity index is 1490. The molecule has 0 radical (unpaired) electrons. The zero-order chi connectivity index (χ0) is 33.6. The number of carbonyl (C=O) groups excluding carboxylic acids is 1. The number of aliphatic hydroxyl groups excluding tert-OH is 1. The van der Waals surface area contributed by atoms with Crippen molar-refractivity contribution < 1.29 is 42.1 Å². The smallest absolute Gasteiger partial charge is 0.407 e. The highest BCUT2D eigenvalue weighted by atomic mass is 32.2. The summed E-state index contributed by atoms with van der Waals surface area (Å²) in [5, 5.41) is 13.8. The highest BCUT2D eigenvalue weighted by molar-refractivity contribution is 7.89. The van der Waals surface area contributed by atoms with Crippen molar-refractivity contribution in [3.8, 4) is 0 Å². The molecule has 0 bridgehead atoms. The first-order chi connectivity index (χ1) is 20.6. The summed E-state index contributed by atoms with van der Waals surface area (Å²) < 4.78 is 101. The molecule has 0 saturated carbocycles. The summed E-state index contributed by atoms with van der Waals surface area (Å²) in [5.41, 5.74) is 6.70. The average Bonchev–Trinajstić information content (AvgIpc) is 3.16. The maximum absolute atomic E-state index is 13.6. The number of benzene rings is 2. The molecule has 0 unspecified atom stereocenters. The van der Waals surface area contributed by atoms with E-state index in [1.807, 2.05) is 0 Å². The number of fused-ring (bicyclic) bond motifs is 1. The molecule has 1 amide bonds. The summed E-state index contributed by atoms with van der Waals surface area (Å²) in [6.07, 6.45) is -10.4. The Morgan fingerprint density at radius 2 is 1.92 bits per heavy atom. The second-order valence-electron chi connectivity index (χ2n) is 9.40. The van der Waals surface area contributed by atoms with Crippen molar-refractivity contribution in [3.05, 3.63) is 60.2 Å². The van der Waals surface area contributed by atoms with Crippen LogP contribution in [-0.4, -0.2) is 74.6 Å². The topological polar surface area (TPSA) is 140 Å². The van der Waals surface area contributed by atoms with Crippen molar-refractivity contribution in [2.24, 2.45) is 11.8 Å². The highest BCUT2D eigenvalue weighted by Gasteiger charge is 2.44. The van der Waals surface area contributed by atoms with Gasteiger partial charge in [0.05, 0.1) is 44.3 Å². The molecule has 2 aliphatic heterocycles. The molecule has 0 aromatic heterocycles. The molecule has 208 valence electrons. The fourth-order valence-corrected chi connectivity index (χ4v) is 5.65. The van der Waals surface area contributed by atoms with Gasteiger partial charge in [0.15, 0.2) is 6.27 Å². The number of hydrogen-bond acceptors (Lipinski definition) is 8. The largest absolute Gasteiger partial charge is 0.443 e. The number of amides is 1. The van der Waals surface area contributed by atoms with E-state index in [1.54, 1.807) is 44.2 Å². The minimum atomic E-state index is -4.14. The SMILES string of the molecule is [2H]C1([2H])C[C@]2([2H])[C@]([2H])(O1)OC([2H])([2H])[C@]2([2H])OC(=O)N[C@@H](Cc1ccccc1)[C@H](O)CN(CC(C)C)S(=O)(=O)c1ccc(N)cc1. The van der Waals surface area contributed by atoms with Crippen LogP contribution < -0.4 is 11.1 Å². The van der Waals surface area contributed by atoms with Crippen molar-refractivity contribution in [1.82, 2.24) is 9.62 Å². The number of carbonyl (C=O) groups is 1. The Kier molecular flexibility index (Phi) is 6.62. The molecule has 2 heterocycles. The maximum Gasteiger partial charge on any atom is 0.407 e. The predicted octanol–water partition coefficient (Wildman–Crippen LogP) is 2.38. The van der Waals surface area contributed by atoms with Crippen LogP contribution >= 0.6 is 0 Å². The summed E-state index contributed by atoms with van der Waals surface area (Å²) in [7, 11) is -4.14. The van der Waals surface area contributed by atoms with E-state index in [2.05, 4.69) is 5.32 Å². The third kappa shape index (κ3) is 7.03. The summed E-state index contributed by atoms with van der Waals surface area (Å²) in [4.78, 5) is 13.2.